The Morgan fingerprint density at radius 1 is 1.00 bits per heavy atom. The molecule has 2 N–H and O–H groups in total. The maximum absolute atomic E-state index is 12.9. The van der Waals surface area contributed by atoms with Crippen molar-refractivity contribution in [2.75, 3.05) is 17.0 Å². The van der Waals surface area contributed by atoms with Crippen molar-refractivity contribution in [3.05, 3.63) is 88.4 Å². The van der Waals surface area contributed by atoms with Crippen molar-refractivity contribution in [2.45, 2.75) is 23.6 Å². The molecule has 0 aromatic heterocycles. The van der Waals surface area contributed by atoms with Crippen molar-refractivity contribution in [1.82, 2.24) is 5.32 Å². The Hall–Kier alpha value is -2.48. The highest BCUT2D eigenvalue weighted by Crippen LogP contribution is 2.27. The number of halogens is 1. The molecule has 0 saturated heterocycles. The molecule has 0 heterocycles. The Labute approximate surface area is 192 Å². The lowest BCUT2D eigenvalue weighted by Gasteiger charge is -2.13. The number of carbonyl (C=O) groups excluding carboxylic acids is 1. The number of amides is 1. The third-order valence-electron chi connectivity index (χ3n) is 4.52. The minimum absolute atomic E-state index is 0.0500. The van der Waals surface area contributed by atoms with E-state index in [1.807, 2.05) is 56.3 Å². The molecule has 0 aliphatic carbocycles. The van der Waals surface area contributed by atoms with Gasteiger partial charge in [-0.3, -0.25) is 9.52 Å². The summed E-state index contributed by atoms with van der Waals surface area (Å²) in [6, 6.07) is 19.6. The molecule has 3 aromatic rings. The smallest absolute Gasteiger partial charge is 0.263 e. The van der Waals surface area contributed by atoms with E-state index in [0.717, 1.165) is 16.0 Å². The van der Waals surface area contributed by atoms with Gasteiger partial charge in [0.2, 0.25) is 0 Å². The number of benzene rings is 3. The predicted octanol–water partition coefficient (Wildman–Crippen LogP) is 5.28. The van der Waals surface area contributed by atoms with Crippen LogP contribution in [0, 0.1) is 13.8 Å². The van der Waals surface area contributed by atoms with Crippen LogP contribution in [0.4, 0.5) is 5.69 Å². The van der Waals surface area contributed by atoms with Crippen LogP contribution in [0.5, 0.6) is 0 Å². The molecule has 0 aliphatic rings. The van der Waals surface area contributed by atoms with Crippen LogP contribution in [0.3, 0.4) is 0 Å². The normalized spacial score (nSPS) is 11.2. The van der Waals surface area contributed by atoms with Crippen LogP contribution in [-0.4, -0.2) is 26.6 Å². The summed E-state index contributed by atoms with van der Waals surface area (Å²) in [5, 5.41) is 2.87. The summed E-state index contributed by atoms with van der Waals surface area (Å²) in [4.78, 5) is 13.5. The van der Waals surface area contributed by atoms with Gasteiger partial charge >= 0.3 is 0 Å². The number of aryl methyl sites for hydroxylation is 2. The minimum Gasteiger partial charge on any atom is -0.351 e. The van der Waals surface area contributed by atoms with E-state index < -0.39 is 10.0 Å². The van der Waals surface area contributed by atoms with E-state index in [-0.39, 0.29) is 21.4 Å². The Balaban J connectivity index is 1.70. The molecule has 0 unspecified atom stereocenters. The molecule has 3 aromatic carbocycles. The second-order valence-electron chi connectivity index (χ2n) is 6.99. The maximum atomic E-state index is 12.9. The highest BCUT2D eigenvalue weighted by molar-refractivity contribution is 7.99. The lowest BCUT2D eigenvalue weighted by atomic mass is 10.1. The molecule has 0 aliphatic heterocycles. The van der Waals surface area contributed by atoms with Crippen molar-refractivity contribution < 1.29 is 13.2 Å². The summed E-state index contributed by atoms with van der Waals surface area (Å²) < 4.78 is 28.5. The number of hydrogen-bond acceptors (Lipinski definition) is 4. The van der Waals surface area contributed by atoms with Crippen molar-refractivity contribution in [1.29, 1.82) is 0 Å². The van der Waals surface area contributed by atoms with Crippen LogP contribution in [-0.2, 0) is 10.0 Å². The van der Waals surface area contributed by atoms with Crippen LogP contribution in [0.2, 0.25) is 5.02 Å². The van der Waals surface area contributed by atoms with Crippen LogP contribution in [0.25, 0.3) is 0 Å². The zero-order chi connectivity index (χ0) is 22.4. The molecule has 5 nitrogen and oxygen atoms in total. The number of thioether (sulfide) groups is 1. The molecule has 0 spiro atoms. The van der Waals surface area contributed by atoms with Gasteiger partial charge in [0.15, 0.2) is 0 Å². The van der Waals surface area contributed by atoms with Crippen LogP contribution >= 0.6 is 23.4 Å². The second kappa shape index (κ2) is 10.2. The molecular weight excluding hydrogens is 452 g/mol. The molecule has 31 heavy (non-hydrogen) atoms. The standard InChI is InChI=1S/C23H23ClN2O3S2/c1-16-8-9-17(2)21(14-16)26-31(28,29)22-15-18(10-11-20(22)24)23(27)25-12-13-30-19-6-4-3-5-7-19/h3-11,14-15,26H,12-13H2,1-2H3,(H,25,27). The van der Waals surface area contributed by atoms with E-state index >= 15 is 0 Å². The molecule has 0 bridgehead atoms. The van der Waals surface area contributed by atoms with Crippen molar-refractivity contribution in [2.24, 2.45) is 0 Å². The minimum atomic E-state index is -3.97. The highest BCUT2D eigenvalue weighted by atomic mass is 35.5. The molecule has 0 saturated carbocycles. The lowest BCUT2D eigenvalue weighted by Crippen LogP contribution is -2.26. The molecule has 0 atom stereocenters. The largest absolute Gasteiger partial charge is 0.351 e. The van der Waals surface area contributed by atoms with E-state index in [9.17, 15) is 13.2 Å². The van der Waals surface area contributed by atoms with Gasteiger partial charge in [-0.25, -0.2) is 8.42 Å². The summed E-state index contributed by atoms with van der Waals surface area (Å²) in [6.45, 7) is 4.14. The number of carbonyl (C=O) groups is 1. The number of sulfonamides is 1. The van der Waals surface area contributed by atoms with Gasteiger partial charge in [-0.15, -0.1) is 11.8 Å². The first-order valence-corrected chi connectivity index (χ1v) is 12.5. The van der Waals surface area contributed by atoms with Gasteiger partial charge in [-0.2, -0.15) is 0 Å². The average molecular weight is 475 g/mol. The molecular formula is C23H23ClN2O3S2. The number of anilines is 1. The molecule has 8 heteroatoms. The number of nitrogens with one attached hydrogen (secondary N) is 2. The van der Waals surface area contributed by atoms with Crippen molar-refractivity contribution >= 4 is 45.0 Å². The van der Waals surface area contributed by atoms with E-state index in [0.29, 0.717) is 18.0 Å². The Morgan fingerprint density at radius 2 is 1.74 bits per heavy atom. The topological polar surface area (TPSA) is 75.3 Å². The van der Waals surface area contributed by atoms with E-state index in [2.05, 4.69) is 10.0 Å². The first kappa shape index (κ1) is 23.2. The summed E-state index contributed by atoms with van der Waals surface area (Å²) in [7, 11) is -3.97. The molecule has 0 radical (unpaired) electrons. The van der Waals surface area contributed by atoms with Crippen molar-refractivity contribution in [3.63, 3.8) is 0 Å². The third kappa shape index (κ3) is 6.26. The Kier molecular flexibility index (Phi) is 7.64. The summed E-state index contributed by atoms with van der Waals surface area (Å²) in [6.07, 6.45) is 0. The van der Waals surface area contributed by atoms with E-state index in [4.69, 9.17) is 11.6 Å². The predicted molar refractivity (Wildman–Crippen MR) is 128 cm³/mol. The van der Waals surface area contributed by atoms with Crippen LogP contribution in [0.1, 0.15) is 21.5 Å². The molecule has 1 amide bonds. The van der Waals surface area contributed by atoms with Gasteiger partial charge < -0.3 is 5.32 Å². The van der Waals surface area contributed by atoms with Crippen LogP contribution in [0.15, 0.2) is 76.5 Å². The summed E-state index contributed by atoms with van der Waals surface area (Å²) >= 11 is 7.79. The quantitative estimate of drug-likeness (QED) is 0.344. The maximum Gasteiger partial charge on any atom is 0.263 e. The molecule has 0 fully saturated rings. The van der Waals surface area contributed by atoms with Crippen LogP contribution < -0.4 is 10.0 Å². The fraction of sp³-hybridized carbons (Fsp3) is 0.174. The van der Waals surface area contributed by atoms with Gasteiger partial charge in [0.1, 0.15) is 4.90 Å². The average Bonchev–Trinajstić information content (AvgIpc) is 2.74. The zero-order valence-corrected chi connectivity index (χ0v) is 19.6. The second-order valence-corrected chi connectivity index (χ2v) is 10.2. The monoisotopic (exact) mass is 474 g/mol. The van der Waals surface area contributed by atoms with Gasteiger partial charge in [0.25, 0.3) is 15.9 Å². The van der Waals surface area contributed by atoms with E-state index in [1.54, 1.807) is 17.8 Å². The first-order valence-electron chi connectivity index (χ1n) is 9.62. The summed E-state index contributed by atoms with van der Waals surface area (Å²) in [5.41, 5.74) is 2.42. The summed E-state index contributed by atoms with van der Waals surface area (Å²) in [5.74, 6) is 0.344. The van der Waals surface area contributed by atoms with Gasteiger partial charge in [-0.05, 0) is 61.4 Å². The fourth-order valence-electron chi connectivity index (χ4n) is 2.85. The highest BCUT2D eigenvalue weighted by Gasteiger charge is 2.21. The van der Waals surface area contributed by atoms with Gasteiger partial charge in [-0.1, -0.05) is 41.9 Å². The van der Waals surface area contributed by atoms with Crippen molar-refractivity contribution in [3.8, 4) is 0 Å². The Morgan fingerprint density at radius 3 is 2.48 bits per heavy atom. The fourth-order valence-corrected chi connectivity index (χ4v) is 5.29. The zero-order valence-electron chi connectivity index (χ0n) is 17.2. The van der Waals surface area contributed by atoms with E-state index in [1.165, 1.54) is 18.2 Å². The molecule has 162 valence electrons. The third-order valence-corrected chi connectivity index (χ3v) is 7.38. The molecule has 3 rings (SSSR count). The van der Waals surface area contributed by atoms with Gasteiger partial charge in [0.05, 0.1) is 10.7 Å². The number of hydrogen-bond donors (Lipinski definition) is 2. The lowest BCUT2D eigenvalue weighted by molar-refractivity contribution is 0.0956. The SMILES string of the molecule is Cc1ccc(C)c(NS(=O)(=O)c2cc(C(=O)NCCSc3ccccc3)ccc2Cl)c1. The number of rotatable bonds is 8. The first-order chi connectivity index (χ1) is 14.8. The Bertz CT molecular complexity index is 1180. The van der Waals surface area contributed by atoms with Gasteiger partial charge in [0, 0.05) is 22.8 Å².